The van der Waals surface area contributed by atoms with Crippen molar-refractivity contribution in [3.63, 3.8) is 0 Å². The molecule has 38 heavy (non-hydrogen) atoms. The number of para-hydroxylation sites is 1. The first-order valence-electron chi connectivity index (χ1n) is 12.2. The smallest absolute Gasteiger partial charge is 0.338 e. The Hall–Kier alpha value is -4.18. The van der Waals surface area contributed by atoms with Gasteiger partial charge in [0.2, 0.25) is 0 Å². The number of hydrogen-bond donors (Lipinski definition) is 1. The lowest BCUT2D eigenvalue weighted by Gasteiger charge is -2.25. The summed E-state index contributed by atoms with van der Waals surface area (Å²) < 4.78 is 18.5. The predicted octanol–water partition coefficient (Wildman–Crippen LogP) is 2.92. The van der Waals surface area contributed by atoms with Crippen LogP contribution >= 0.6 is 11.3 Å². The highest BCUT2D eigenvalue weighted by atomic mass is 32.1. The van der Waals surface area contributed by atoms with E-state index in [-0.39, 0.29) is 28.7 Å². The van der Waals surface area contributed by atoms with Crippen LogP contribution in [0.5, 0.6) is 11.5 Å². The van der Waals surface area contributed by atoms with Crippen LogP contribution < -0.4 is 29.7 Å². The van der Waals surface area contributed by atoms with Crippen LogP contribution in [0.1, 0.15) is 44.9 Å². The first-order chi connectivity index (χ1) is 18.2. The third-order valence-electron chi connectivity index (χ3n) is 6.26. The molecule has 196 valence electrons. The summed E-state index contributed by atoms with van der Waals surface area (Å²) in [6.45, 7) is 7.42. The van der Waals surface area contributed by atoms with Crippen molar-refractivity contribution >= 4 is 34.5 Å². The maximum absolute atomic E-state index is 14.0. The number of esters is 1. The lowest BCUT2D eigenvalue weighted by molar-refractivity contribution is -0.139. The SMILES string of the molecule is CCOC(=O)C1=C(C)N=c2s/c(=C3\C(=O)Nc4ccccc43)c(=O)n2[C@H]1c1ccc(OC(C)C)c(OC)c1. The minimum Gasteiger partial charge on any atom is -0.493 e. The van der Waals surface area contributed by atoms with Crippen molar-refractivity contribution in [2.45, 2.75) is 39.8 Å². The van der Waals surface area contributed by atoms with Crippen LogP contribution in [0, 0.1) is 0 Å². The van der Waals surface area contributed by atoms with E-state index in [9.17, 15) is 14.4 Å². The maximum atomic E-state index is 14.0. The molecule has 0 radical (unpaired) electrons. The Morgan fingerprint density at radius 2 is 1.92 bits per heavy atom. The fraction of sp³-hybridized carbons (Fsp3) is 0.286. The zero-order chi connectivity index (χ0) is 27.1. The van der Waals surface area contributed by atoms with Crippen molar-refractivity contribution in [1.82, 2.24) is 4.57 Å². The number of amides is 1. The van der Waals surface area contributed by atoms with E-state index in [1.807, 2.05) is 26.0 Å². The van der Waals surface area contributed by atoms with E-state index in [2.05, 4.69) is 10.3 Å². The number of thiazole rings is 1. The van der Waals surface area contributed by atoms with E-state index in [1.54, 1.807) is 44.2 Å². The van der Waals surface area contributed by atoms with Crippen LogP contribution in [-0.2, 0) is 14.3 Å². The Labute approximate surface area is 222 Å². The summed E-state index contributed by atoms with van der Waals surface area (Å²) in [5, 5.41) is 2.82. The first kappa shape index (κ1) is 25.5. The van der Waals surface area contributed by atoms with Gasteiger partial charge in [0.25, 0.3) is 11.5 Å². The maximum Gasteiger partial charge on any atom is 0.338 e. The molecule has 9 nitrogen and oxygen atoms in total. The molecular weight excluding hydrogens is 506 g/mol. The van der Waals surface area contributed by atoms with Gasteiger partial charge in [0.1, 0.15) is 4.53 Å². The quantitative estimate of drug-likeness (QED) is 0.488. The van der Waals surface area contributed by atoms with Gasteiger partial charge in [-0.15, -0.1) is 0 Å². The Morgan fingerprint density at radius 1 is 1.16 bits per heavy atom. The summed E-state index contributed by atoms with van der Waals surface area (Å²) in [6.07, 6.45) is -0.0772. The van der Waals surface area contributed by atoms with Gasteiger partial charge in [0.15, 0.2) is 16.3 Å². The second-order valence-corrected chi connectivity index (χ2v) is 10.1. The average molecular weight is 534 g/mol. The highest BCUT2D eigenvalue weighted by Crippen LogP contribution is 2.37. The number of carbonyl (C=O) groups is 2. The van der Waals surface area contributed by atoms with Crippen LogP contribution in [0.4, 0.5) is 5.69 Å². The van der Waals surface area contributed by atoms with Crippen molar-refractivity contribution in [2.75, 3.05) is 19.0 Å². The highest BCUT2D eigenvalue weighted by molar-refractivity contribution is 7.07. The standard InChI is InChI=1S/C28H27N3O6S/c1-6-36-27(34)21-15(4)29-28-31(23(21)16-11-12-19(37-14(2)3)20(13-16)35-5)26(33)24(38-28)22-17-9-7-8-10-18(17)30-25(22)32/h7-14,23H,6H2,1-5H3,(H,30,32)/b24-22-/t23-/m0/s1. The van der Waals surface area contributed by atoms with Gasteiger partial charge in [-0.2, -0.15) is 0 Å². The molecular formula is C28H27N3O6S. The number of allylic oxidation sites excluding steroid dienone is 1. The van der Waals surface area contributed by atoms with E-state index in [1.165, 1.54) is 11.7 Å². The molecule has 5 rings (SSSR count). The van der Waals surface area contributed by atoms with Gasteiger partial charge in [-0.25, -0.2) is 9.79 Å². The van der Waals surface area contributed by atoms with Gasteiger partial charge in [0, 0.05) is 11.3 Å². The Morgan fingerprint density at radius 3 is 2.63 bits per heavy atom. The van der Waals surface area contributed by atoms with Gasteiger partial charge in [-0.1, -0.05) is 35.6 Å². The number of ether oxygens (including phenoxy) is 3. The summed E-state index contributed by atoms with van der Waals surface area (Å²) in [7, 11) is 1.53. The molecule has 1 atom stereocenters. The molecule has 1 N–H and O–H groups in total. The molecule has 1 amide bonds. The molecule has 0 saturated heterocycles. The van der Waals surface area contributed by atoms with Crippen molar-refractivity contribution in [3.05, 3.63) is 84.5 Å². The zero-order valence-corrected chi connectivity index (χ0v) is 22.5. The zero-order valence-electron chi connectivity index (χ0n) is 21.7. The topological polar surface area (TPSA) is 108 Å². The molecule has 0 aliphatic carbocycles. The molecule has 2 aliphatic heterocycles. The van der Waals surface area contributed by atoms with E-state index in [0.29, 0.717) is 44.4 Å². The monoisotopic (exact) mass is 533 g/mol. The molecule has 2 aliphatic rings. The third kappa shape index (κ3) is 4.20. The van der Waals surface area contributed by atoms with Crippen LogP contribution in [0.2, 0.25) is 0 Å². The van der Waals surface area contributed by atoms with Crippen LogP contribution in [-0.4, -0.2) is 36.3 Å². The molecule has 10 heteroatoms. The minimum absolute atomic E-state index is 0.0772. The molecule has 3 heterocycles. The summed E-state index contributed by atoms with van der Waals surface area (Å²) in [5.74, 6) is 0.0786. The number of nitrogens with zero attached hydrogens (tertiary/aromatic N) is 2. The number of methoxy groups -OCH3 is 1. The molecule has 1 aromatic heterocycles. The number of carbonyl (C=O) groups excluding carboxylic acids is 2. The summed E-state index contributed by atoms with van der Waals surface area (Å²) in [4.78, 5) is 45.1. The predicted molar refractivity (Wildman–Crippen MR) is 143 cm³/mol. The molecule has 0 bridgehead atoms. The second kappa shape index (κ2) is 9.94. The molecule has 0 saturated carbocycles. The minimum atomic E-state index is -0.846. The number of anilines is 1. The van der Waals surface area contributed by atoms with Crippen LogP contribution in [0.15, 0.2) is 63.5 Å². The number of fused-ring (bicyclic) bond motifs is 2. The van der Waals surface area contributed by atoms with Gasteiger partial charge in [-0.3, -0.25) is 14.2 Å². The van der Waals surface area contributed by atoms with Gasteiger partial charge < -0.3 is 19.5 Å². The van der Waals surface area contributed by atoms with E-state index < -0.39 is 17.6 Å². The first-order valence-corrected chi connectivity index (χ1v) is 13.0. The molecule has 3 aromatic rings. The Bertz CT molecular complexity index is 1680. The van der Waals surface area contributed by atoms with Gasteiger partial charge in [-0.05, 0) is 51.5 Å². The Balaban J connectivity index is 1.78. The summed E-state index contributed by atoms with van der Waals surface area (Å²) >= 11 is 1.12. The summed E-state index contributed by atoms with van der Waals surface area (Å²) in [5.41, 5.74) is 2.46. The van der Waals surface area contributed by atoms with Crippen molar-refractivity contribution in [3.8, 4) is 11.5 Å². The summed E-state index contributed by atoms with van der Waals surface area (Å²) in [6, 6.07) is 11.7. The molecule has 0 fully saturated rings. The highest BCUT2D eigenvalue weighted by Gasteiger charge is 2.35. The number of benzene rings is 2. The third-order valence-corrected chi connectivity index (χ3v) is 7.31. The van der Waals surface area contributed by atoms with Crippen molar-refractivity contribution in [2.24, 2.45) is 4.99 Å². The fourth-order valence-electron chi connectivity index (χ4n) is 4.71. The number of hydrogen-bond acceptors (Lipinski definition) is 8. The lowest BCUT2D eigenvalue weighted by atomic mass is 9.95. The number of nitrogens with one attached hydrogen (secondary N) is 1. The fourth-order valence-corrected chi connectivity index (χ4v) is 5.85. The number of rotatable bonds is 6. The van der Waals surface area contributed by atoms with Crippen LogP contribution in [0.3, 0.4) is 0 Å². The van der Waals surface area contributed by atoms with E-state index in [0.717, 1.165) is 11.3 Å². The lowest BCUT2D eigenvalue weighted by Crippen LogP contribution is -2.40. The molecule has 0 spiro atoms. The normalized spacial score (nSPS) is 17.5. The van der Waals surface area contributed by atoms with Gasteiger partial charge in [0.05, 0.1) is 42.7 Å². The van der Waals surface area contributed by atoms with E-state index in [4.69, 9.17) is 14.2 Å². The molecule has 0 unspecified atom stereocenters. The van der Waals surface area contributed by atoms with Crippen LogP contribution in [0.25, 0.3) is 5.57 Å². The van der Waals surface area contributed by atoms with Crippen molar-refractivity contribution < 1.29 is 23.8 Å². The number of aromatic nitrogens is 1. The van der Waals surface area contributed by atoms with Gasteiger partial charge >= 0.3 is 5.97 Å². The molecule has 2 aromatic carbocycles. The Kier molecular flexibility index (Phi) is 6.66. The second-order valence-electron chi connectivity index (χ2n) is 9.07. The largest absolute Gasteiger partial charge is 0.493 e. The van der Waals surface area contributed by atoms with Crippen molar-refractivity contribution in [1.29, 1.82) is 0 Å². The average Bonchev–Trinajstić information content (AvgIpc) is 3.38. The van der Waals surface area contributed by atoms with E-state index >= 15 is 0 Å².